The van der Waals surface area contributed by atoms with Crippen molar-refractivity contribution in [2.75, 3.05) is 17.1 Å². The Balaban J connectivity index is 1.60. The summed E-state index contributed by atoms with van der Waals surface area (Å²) < 4.78 is 30.4. The van der Waals surface area contributed by atoms with Gasteiger partial charge in [-0.15, -0.1) is 0 Å². The minimum Gasteiger partial charge on any atom is -0.467 e. The lowest BCUT2D eigenvalue weighted by Gasteiger charge is -2.21. The molecule has 1 aliphatic heterocycles. The first-order chi connectivity index (χ1) is 12.8. The molecule has 1 aliphatic rings. The molecule has 2 amide bonds. The summed E-state index contributed by atoms with van der Waals surface area (Å²) in [6, 6.07) is 8.14. The normalized spacial score (nSPS) is 16.1. The number of hydrogen-bond donors (Lipinski definition) is 2. The molecule has 2 heterocycles. The number of carbonyl (C=O) groups is 2. The molecule has 0 aliphatic carbocycles. The van der Waals surface area contributed by atoms with Gasteiger partial charge in [-0.25, -0.2) is 8.42 Å². The fraction of sp³-hybridized carbons (Fsp3) is 0.333. The molecule has 1 aromatic heterocycles. The average Bonchev–Trinajstić information content (AvgIpc) is 3.22. The second-order valence-electron chi connectivity index (χ2n) is 6.49. The van der Waals surface area contributed by atoms with Gasteiger partial charge < -0.3 is 15.1 Å². The molecular formula is C18H21N3O5S. The van der Waals surface area contributed by atoms with Gasteiger partial charge in [-0.05, 0) is 49.2 Å². The first-order valence-corrected chi connectivity index (χ1v) is 10.3. The first kappa shape index (κ1) is 19.0. The molecule has 144 valence electrons. The van der Waals surface area contributed by atoms with Crippen LogP contribution in [0.15, 0.2) is 41.0 Å². The molecule has 0 radical (unpaired) electrons. The number of anilines is 1. The van der Waals surface area contributed by atoms with Crippen molar-refractivity contribution in [1.29, 1.82) is 0 Å². The number of fused-ring (bicyclic) bond motifs is 1. The molecule has 0 fully saturated rings. The molecular weight excluding hydrogens is 370 g/mol. The van der Waals surface area contributed by atoms with E-state index in [9.17, 15) is 18.0 Å². The van der Waals surface area contributed by atoms with E-state index in [2.05, 4.69) is 10.6 Å². The van der Waals surface area contributed by atoms with Crippen LogP contribution in [-0.2, 0) is 27.8 Å². The SMILES string of the molecule is C[C@H]1Cc2cc(C(=O)NCC(=O)NCc3ccco3)ccc2N1S(C)(=O)=O. The molecule has 0 saturated carbocycles. The highest BCUT2D eigenvalue weighted by atomic mass is 32.2. The highest BCUT2D eigenvalue weighted by molar-refractivity contribution is 7.92. The summed E-state index contributed by atoms with van der Waals surface area (Å²) in [6.07, 6.45) is 3.22. The quantitative estimate of drug-likeness (QED) is 0.765. The Morgan fingerprint density at radius 3 is 2.70 bits per heavy atom. The topological polar surface area (TPSA) is 109 Å². The van der Waals surface area contributed by atoms with E-state index in [0.29, 0.717) is 23.4 Å². The molecule has 0 unspecified atom stereocenters. The van der Waals surface area contributed by atoms with Gasteiger partial charge in [-0.1, -0.05) is 0 Å². The third-order valence-corrected chi connectivity index (χ3v) is 5.57. The number of benzene rings is 1. The molecule has 27 heavy (non-hydrogen) atoms. The van der Waals surface area contributed by atoms with Crippen LogP contribution in [0.1, 0.15) is 28.6 Å². The van der Waals surface area contributed by atoms with E-state index >= 15 is 0 Å². The van der Waals surface area contributed by atoms with Gasteiger partial charge in [0.1, 0.15) is 5.76 Å². The van der Waals surface area contributed by atoms with Crippen molar-refractivity contribution in [3.05, 3.63) is 53.5 Å². The molecule has 1 aromatic carbocycles. The van der Waals surface area contributed by atoms with Crippen LogP contribution in [0.2, 0.25) is 0 Å². The minimum absolute atomic E-state index is 0.164. The zero-order chi connectivity index (χ0) is 19.6. The highest BCUT2D eigenvalue weighted by Crippen LogP contribution is 2.34. The monoisotopic (exact) mass is 391 g/mol. The number of carbonyl (C=O) groups excluding carboxylic acids is 2. The van der Waals surface area contributed by atoms with Gasteiger partial charge in [0.2, 0.25) is 15.9 Å². The molecule has 0 spiro atoms. The van der Waals surface area contributed by atoms with Crippen molar-refractivity contribution < 1.29 is 22.4 Å². The van der Waals surface area contributed by atoms with E-state index in [1.165, 1.54) is 16.8 Å². The van der Waals surface area contributed by atoms with Gasteiger partial charge in [0, 0.05) is 11.6 Å². The van der Waals surface area contributed by atoms with Gasteiger partial charge in [0.05, 0.1) is 31.3 Å². The summed E-state index contributed by atoms with van der Waals surface area (Å²) in [7, 11) is -3.37. The van der Waals surface area contributed by atoms with Crippen LogP contribution in [0, 0.1) is 0 Å². The molecule has 0 bridgehead atoms. The predicted molar refractivity (Wildman–Crippen MR) is 99.8 cm³/mol. The van der Waals surface area contributed by atoms with Crippen molar-refractivity contribution in [2.24, 2.45) is 0 Å². The lowest BCUT2D eigenvalue weighted by molar-refractivity contribution is -0.120. The number of sulfonamides is 1. The Bertz CT molecular complexity index is 953. The summed E-state index contributed by atoms with van der Waals surface area (Å²) in [5.41, 5.74) is 1.77. The molecule has 2 aromatic rings. The van der Waals surface area contributed by atoms with Gasteiger partial charge in [0.25, 0.3) is 5.91 Å². The van der Waals surface area contributed by atoms with Crippen LogP contribution in [0.4, 0.5) is 5.69 Å². The van der Waals surface area contributed by atoms with Crippen LogP contribution in [0.5, 0.6) is 0 Å². The van der Waals surface area contributed by atoms with E-state index in [1.807, 2.05) is 6.92 Å². The van der Waals surface area contributed by atoms with Gasteiger partial charge in [0.15, 0.2) is 0 Å². The Morgan fingerprint density at radius 2 is 2.04 bits per heavy atom. The van der Waals surface area contributed by atoms with Crippen molar-refractivity contribution in [3.8, 4) is 0 Å². The second kappa shape index (κ2) is 7.43. The summed E-state index contributed by atoms with van der Waals surface area (Å²) in [5.74, 6) is -0.105. The van der Waals surface area contributed by atoms with Gasteiger partial charge >= 0.3 is 0 Å². The lowest BCUT2D eigenvalue weighted by atomic mass is 10.1. The molecule has 2 N–H and O–H groups in total. The third kappa shape index (κ3) is 4.30. The standard InChI is InChI=1S/C18H21N3O5S/c1-12-8-14-9-13(5-6-16(14)21(12)27(2,24)25)18(23)20-11-17(22)19-10-15-4-3-7-26-15/h3-7,9,12H,8,10-11H2,1-2H3,(H,19,22)(H,20,23)/t12-/m0/s1. The van der Waals surface area contributed by atoms with E-state index in [0.717, 1.165) is 5.56 Å². The van der Waals surface area contributed by atoms with Crippen molar-refractivity contribution in [1.82, 2.24) is 10.6 Å². The maximum absolute atomic E-state index is 12.3. The minimum atomic E-state index is -3.37. The van der Waals surface area contributed by atoms with Gasteiger partial charge in [-0.2, -0.15) is 0 Å². The van der Waals surface area contributed by atoms with E-state index in [1.54, 1.807) is 30.3 Å². The smallest absolute Gasteiger partial charge is 0.251 e. The Labute approximate surface area is 157 Å². The highest BCUT2D eigenvalue weighted by Gasteiger charge is 2.32. The van der Waals surface area contributed by atoms with Crippen LogP contribution < -0.4 is 14.9 Å². The van der Waals surface area contributed by atoms with Crippen LogP contribution >= 0.6 is 0 Å². The number of furan rings is 1. The number of nitrogens with one attached hydrogen (secondary N) is 2. The molecule has 8 nitrogen and oxygen atoms in total. The zero-order valence-electron chi connectivity index (χ0n) is 15.1. The first-order valence-electron chi connectivity index (χ1n) is 8.45. The number of hydrogen-bond acceptors (Lipinski definition) is 5. The largest absolute Gasteiger partial charge is 0.467 e. The molecule has 1 atom stereocenters. The summed E-state index contributed by atoms with van der Waals surface area (Å²) in [4.78, 5) is 24.1. The van der Waals surface area contributed by atoms with E-state index in [4.69, 9.17) is 4.42 Å². The Hall–Kier alpha value is -2.81. The van der Waals surface area contributed by atoms with Gasteiger partial charge in [-0.3, -0.25) is 13.9 Å². The predicted octanol–water partition coefficient (Wildman–Crippen LogP) is 1.04. The summed E-state index contributed by atoms with van der Waals surface area (Å²) in [6.45, 7) is 1.91. The second-order valence-corrected chi connectivity index (χ2v) is 8.35. The van der Waals surface area contributed by atoms with Crippen molar-refractivity contribution >= 4 is 27.5 Å². The number of rotatable bonds is 6. The average molecular weight is 391 g/mol. The van der Waals surface area contributed by atoms with E-state index < -0.39 is 15.9 Å². The summed E-state index contributed by atoms with van der Waals surface area (Å²) in [5, 5.41) is 5.20. The molecule has 0 saturated heterocycles. The van der Waals surface area contributed by atoms with Crippen LogP contribution in [0.3, 0.4) is 0 Å². The maximum atomic E-state index is 12.3. The van der Waals surface area contributed by atoms with Crippen LogP contribution in [0.25, 0.3) is 0 Å². The fourth-order valence-electron chi connectivity index (χ4n) is 3.17. The number of amides is 2. The Kier molecular flexibility index (Phi) is 5.22. The molecule has 9 heteroatoms. The van der Waals surface area contributed by atoms with E-state index in [-0.39, 0.29) is 25.0 Å². The third-order valence-electron chi connectivity index (χ3n) is 4.30. The molecule has 3 rings (SSSR count). The maximum Gasteiger partial charge on any atom is 0.251 e. The fourth-order valence-corrected chi connectivity index (χ4v) is 4.44. The number of nitrogens with zero attached hydrogens (tertiary/aromatic N) is 1. The summed E-state index contributed by atoms with van der Waals surface area (Å²) >= 11 is 0. The van der Waals surface area contributed by atoms with Crippen molar-refractivity contribution in [3.63, 3.8) is 0 Å². The lowest BCUT2D eigenvalue weighted by Crippen LogP contribution is -2.36. The zero-order valence-corrected chi connectivity index (χ0v) is 15.9. The Morgan fingerprint density at radius 1 is 1.26 bits per heavy atom. The van der Waals surface area contributed by atoms with Crippen molar-refractivity contribution in [2.45, 2.75) is 25.9 Å². The van der Waals surface area contributed by atoms with Crippen LogP contribution in [-0.4, -0.2) is 39.1 Å².